The van der Waals surface area contributed by atoms with E-state index in [9.17, 15) is 14.4 Å². The Bertz CT molecular complexity index is 929. The molecule has 0 bridgehead atoms. The molecule has 1 amide bonds. The third kappa shape index (κ3) is 5.51. The van der Waals surface area contributed by atoms with Crippen LogP contribution in [-0.4, -0.2) is 36.3 Å². The number of amides is 1. The molecule has 0 aliphatic carbocycles. The highest BCUT2D eigenvalue weighted by atomic mass is 32.2. The summed E-state index contributed by atoms with van der Waals surface area (Å²) in [6.45, 7) is 3.45. The van der Waals surface area contributed by atoms with Crippen molar-refractivity contribution in [3.8, 4) is 11.5 Å². The number of benzene rings is 2. The Morgan fingerprint density at radius 1 is 1.14 bits per heavy atom. The van der Waals surface area contributed by atoms with Gasteiger partial charge in [-0.05, 0) is 43.7 Å². The van der Waals surface area contributed by atoms with Gasteiger partial charge in [0.2, 0.25) is 6.79 Å². The number of hydrogen-bond donors (Lipinski definition) is 1. The second kappa shape index (κ2) is 9.47. The van der Waals surface area contributed by atoms with Gasteiger partial charge in [-0.3, -0.25) is 9.59 Å². The average molecular weight is 415 g/mol. The van der Waals surface area contributed by atoms with E-state index in [-0.39, 0.29) is 24.9 Å². The molecule has 1 heterocycles. The Kier molecular flexibility index (Phi) is 6.77. The Morgan fingerprint density at radius 2 is 1.90 bits per heavy atom. The lowest BCUT2D eigenvalue weighted by molar-refractivity contribution is -0.129. The summed E-state index contributed by atoms with van der Waals surface area (Å²) in [5.74, 6) is 0.553. The van der Waals surface area contributed by atoms with Crippen molar-refractivity contribution in [2.45, 2.75) is 31.4 Å². The summed E-state index contributed by atoms with van der Waals surface area (Å²) >= 11 is 1.26. The molecular formula is C21H21NO6S. The lowest BCUT2D eigenvalue weighted by atomic mass is 10.2. The number of thioether (sulfide) groups is 1. The van der Waals surface area contributed by atoms with Gasteiger partial charge < -0.3 is 19.5 Å². The van der Waals surface area contributed by atoms with Gasteiger partial charge in [0.05, 0.1) is 11.3 Å². The first-order chi connectivity index (χ1) is 13.9. The molecule has 0 unspecified atom stereocenters. The first-order valence-electron chi connectivity index (χ1n) is 9.02. The number of esters is 1. The second-order valence-corrected chi connectivity index (χ2v) is 7.46. The number of carbonyl (C=O) groups excluding carboxylic acids is 3. The fourth-order valence-corrected chi connectivity index (χ4v) is 3.44. The molecule has 0 radical (unpaired) electrons. The second-order valence-electron chi connectivity index (χ2n) is 6.44. The van der Waals surface area contributed by atoms with Crippen LogP contribution in [0, 0.1) is 0 Å². The number of nitrogens with one attached hydrogen (secondary N) is 1. The maximum atomic E-state index is 12.5. The molecule has 8 heteroatoms. The van der Waals surface area contributed by atoms with Crippen LogP contribution in [0.1, 0.15) is 29.8 Å². The molecule has 0 fully saturated rings. The van der Waals surface area contributed by atoms with Crippen LogP contribution in [0.4, 0.5) is 0 Å². The number of rotatable bonds is 8. The summed E-state index contributed by atoms with van der Waals surface area (Å²) in [4.78, 5) is 36.7. The molecule has 0 saturated heterocycles. The molecule has 29 heavy (non-hydrogen) atoms. The zero-order valence-corrected chi connectivity index (χ0v) is 16.9. The summed E-state index contributed by atoms with van der Waals surface area (Å²) in [6.07, 6.45) is -0.970. The first kappa shape index (κ1) is 20.7. The van der Waals surface area contributed by atoms with Crippen LogP contribution in [-0.2, 0) is 20.9 Å². The smallest absolute Gasteiger partial charge is 0.340 e. The van der Waals surface area contributed by atoms with Crippen molar-refractivity contribution in [1.29, 1.82) is 0 Å². The lowest BCUT2D eigenvalue weighted by Gasteiger charge is -2.15. The van der Waals surface area contributed by atoms with E-state index in [0.29, 0.717) is 22.0 Å². The molecule has 1 aliphatic heterocycles. The minimum atomic E-state index is -0.970. The van der Waals surface area contributed by atoms with Crippen molar-refractivity contribution in [3.63, 3.8) is 0 Å². The van der Waals surface area contributed by atoms with E-state index in [2.05, 4.69) is 5.32 Å². The SMILES string of the molecule is CC(=O)CSc1ccccc1C(=O)O[C@@H](C)C(=O)NCc1ccc2c(c1)OCO2. The Labute approximate surface area is 172 Å². The highest BCUT2D eigenvalue weighted by Gasteiger charge is 2.21. The average Bonchev–Trinajstić information content (AvgIpc) is 3.18. The largest absolute Gasteiger partial charge is 0.454 e. The third-order valence-corrected chi connectivity index (χ3v) is 5.31. The number of ether oxygens (including phenoxy) is 3. The normalized spacial score (nSPS) is 12.9. The minimum Gasteiger partial charge on any atom is -0.454 e. The van der Waals surface area contributed by atoms with E-state index >= 15 is 0 Å². The Hall–Kier alpha value is -3.00. The molecule has 7 nitrogen and oxygen atoms in total. The van der Waals surface area contributed by atoms with Crippen LogP contribution >= 0.6 is 11.8 Å². The molecule has 0 aromatic heterocycles. The van der Waals surface area contributed by atoms with Crippen molar-refractivity contribution >= 4 is 29.4 Å². The van der Waals surface area contributed by atoms with E-state index in [0.717, 1.165) is 5.56 Å². The van der Waals surface area contributed by atoms with Gasteiger partial charge in [-0.2, -0.15) is 0 Å². The van der Waals surface area contributed by atoms with Gasteiger partial charge >= 0.3 is 5.97 Å². The van der Waals surface area contributed by atoms with E-state index < -0.39 is 18.0 Å². The highest BCUT2D eigenvalue weighted by Crippen LogP contribution is 2.32. The van der Waals surface area contributed by atoms with E-state index in [4.69, 9.17) is 14.2 Å². The highest BCUT2D eigenvalue weighted by molar-refractivity contribution is 8.00. The van der Waals surface area contributed by atoms with Crippen LogP contribution < -0.4 is 14.8 Å². The molecule has 152 valence electrons. The maximum absolute atomic E-state index is 12.5. The summed E-state index contributed by atoms with van der Waals surface area (Å²) in [7, 11) is 0. The lowest BCUT2D eigenvalue weighted by Crippen LogP contribution is -2.35. The molecule has 2 aromatic rings. The van der Waals surface area contributed by atoms with Gasteiger partial charge in [0, 0.05) is 11.4 Å². The van der Waals surface area contributed by atoms with Crippen LogP contribution in [0.2, 0.25) is 0 Å². The third-order valence-electron chi connectivity index (χ3n) is 4.09. The van der Waals surface area contributed by atoms with Crippen LogP contribution in [0.15, 0.2) is 47.4 Å². The van der Waals surface area contributed by atoms with Crippen molar-refractivity contribution in [1.82, 2.24) is 5.32 Å². The number of Topliss-reactive ketones (excluding diaryl/α,β-unsaturated/α-hetero) is 1. The van der Waals surface area contributed by atoms with Crippen LogP contribution in [0.5, 0.6) is 11.5 Å². The number of hydrogen-bond acceptors (Lipinski definition) is 7. The van der Waals surface area contributed by atoms with Gasteiger partial charge in [-0.25, -0.2) is 4.79 Å². The number of carbonyl (C=O) groups is 3. The zero-order chi connectivity index (χ0) is 20.8. The quantitative estimate of drug-likeness (QED) is 0.524. The molecule has 2 aromatic carbocycles. The molecular weight excluding hydrogens is 394 g/mol. The van der Waals surface area contributed by atoms with Gasteiger partial charge in [0.15, 0.2) is 17.6 Å². The van der Waals surface area contributed by atoms with Crippen molar-refractivity contribution < 1.29 is 28.6 Å². The zero-order valence-electron chi connectivity index (χ0n) is 16.1. The number of ketones is 1. The van der Waals surface area contributed by atoms with Gasteiger partial charge in [0.1, 0.15) is 5.78 Å². The summed E-state index contributed by atoms with van der Waals surface area (Å²) in [6, 6.07) is 12.2. The molecule has 0 spiro atoms. The minimum absolute atomic E-state index is 0.00873. The Balaban J connectivity index is 1.55. The molecule has 1 N–H and O–H groups in total. The summed E-state index contributed by atoms with van der Waals surface area (Å²) < 4.78 is 15.9. The standard InChI is InChI=1S/C21H21NO6S/c1-13(23)11-29-19-6-4-3-5-16(19)21(25)28-14(2)20(24)22-10-15-7-8-17-18(9-15)27-12-26-17/h3-9,14H,10-12H2,1-2H3,(H,22,24)/t14-/m0/s1. The molecule has 0 saturated carbocycles. The summed E-state index contributed by atoms with van der Waals surface area (Å²) in [5, 5.41) is 2.74. The maximum Gasteiger partial charge on any atom is 0.340 e. The van der Waals surface area contributed by atoms with E-state index in [1.165, 1.54) is 25.6 Å². The van der Waals surface area contributed by atoms with Gasteiger partial charge in [-0.15, -0.1) is 11.8 Å². The summed E-state index contributed by atoms with van der Waals surface area (Å²) in [5.41, 5.74) is 1.17. The van der Waals surface area contributed by atoms with E-state index in [1.807, 2.05) is 6.07 Å². The molecule has 1 atom stereocenters. The van der Waals surface area contributed by atoms with Gasteiger partial charge in [0.25, 0.3) is 5.91 Å². The fourth-order valence-electron chi connectivity index (χ4n) is 2.60. The van der Waals surface area contributed by atoms with Crippen molar-refractivity contribution in [2.24, 2.45) is 0 Å². The predicted molar refractivity (Wildman–Crippen MR) is 107 cm³/mol. The van der Waals surface area contributed by atoms with E-state index in [1.54, 1.807) is 36.4 Å². The molecule has 3 rings (SSSR count). The van der Waals surface area contributed by atoms with Gasteiger partial charge in [-0.1, -0.05) is 18.2 Å². The first-order valence-corrected chi connectivity index (χ1v) is 10.0. The van der Waals surface area contributed by atoms with Crippen molar-refractivity contribution in [2.75, 3.05) is 12.5 Å². The monoisotopic (exact) mass is 415 g/mol. The van der Waals surface area contributed by atoms with Crippen LogP contribution in [0.3, 0.4) is 0 Å². The topological polar surface area (TPSA) is 90.9 Å². The number of fused-ring (bicyclic) bond motifs is 1. The Morgan fingerprint density at radius 3 is 2.69 bits per heavy atom. The molecule has 1 aliphatic rings. The predicted octanol–water partition coefficient (Wildman–Crippen LogP) is 2.96. The van der Waals surface area contributed by atoms with Crippen LogP contribution in [0.25, 0.3) is 0 Å². The fraction of sp³-hybridized carbons (Fsp3) is 0.286. The van der Waals surface area contributed by atoms with Crippen molar-refractivity contribution in [3.05, 3.63) is 53.6 Å².